The molecule has 2 aromatic carbocycles. The van der Waals surface area contributed by atoms with Crippen LogP contribution < -0.4 is 4.74 Å². The Kier molecular flexibility index (Phi) is 6.54. The van der Waals surface area contributed by atoms with E-state index in [1.54, 1.807) is 0 Å². The molecule has 0 radical (unpaired) electrons. The Morgan fingerprint density at radius 2 is 1.41 bits per heavy atom. The molecular weight excluding hydrogens is 415 g/mol. The number of alkyl halides is 5. The molecule has 0 aromatic heterocycles. The van der Waals surface area contributed by atoms with Crippen molar-refractivity contribution in [3.05, 3.63) is 70.5 Å². The first-order valence-corrected chi connectivity index (χ1v) is 8.15. The maximum Gasteiger partial charge on any atom is 0.457 e. The number of ether oxygens (including phenoxy) is 1. The quantitative estimate of drug-likeness (QED) is 0.442. The lowest BCUT2D eigenvalue weighted by atomic mass is 10.1. The van der Waals surface area contributed by atoms with E-state index >= 15 is 0 Å². The van der Waals surface area contributed by atoms with Crippen molar-refractivity contribution in [1.29, 1.82) is 0 Å². The molecule has 0 unspecified atom stereocenters. The molecule has 0 aliphatic heterocycles. The first-order chi connectivity index (χ1) is 13.4. The van der Waals surface area contributed by atoms with Crippen molar-refractivity contribution in [2.45, 2.75) is 32.1 Å². The zero-order chi connectivity index (χ0) is 22.0. The van der Waals surface area contributed by atoms with E-state index in [-0.39, 0.29) is 12.1 Å². The second-order valence-electron chi connectivity index (χ2n) is 5.95. The van der Waals surface area contributed by atoms with Crippen molar-refractivity contribution in [2.75, 3.05) is 0 Å². The summed E-state index contributed by atoms with van der Waals surface area (Å²) in [5.74, 6) is -10.7. The van der Waals surface area contributed by atoms with Gasteiger partial charge in [0.05, 0.1) is 0 Å². The van der Waals surface area contributed by atoms with E-state index < -0.39 is 52.4 Å². The molecule has 0 bridgehead atoms. The molecule has 2 rings (SSSR count). The Balaban J connectivity index is 2.33. The summed E-state index contributed by atoms with van der Waals surface area (Å²) in [4.78, 5) is 0. The van der Waals surface area contributed by atoms with Crippen LogP contribution in [0.2, 0.25) is 0 Å². The molecule has 2 aromatic rings. The van der Waals surface area contributed by atoms with E-state index in [4.69, 9.17) is 0 Å². The molecule has 1 nitrogen and oxygen atoms in total. The average molecular weight is 428 g/mol. The predicted octanol–water partition coefficient (Wildman–Crippen LogP) is 7.22. The molecule has 0 fully saturated rings. The molecule has 0 heterocycles. The Hall–Kier alpha value is -2.65. The van der Waals surface area contributed by atoms with Gasteiger partial charge in [-0.3, -0.25) is 0 Å². The topological polar surface area (TPSA) is 9.23 Å². The fraction of sp³-hybridized carbons (Fsp3) is 0.263. The number of halogens is 9. The van der Waals surface area contributed by atoms with E-state index in [0.29, 0.717) is 6.42 Å². The highest BCUT2D eigenvalue weighted by atomic mass is 19.4. The first kappa shape index (κ1) is 22.6. The Bertz CT molecular complexity index is 876. The minimum absolute atomic E-state index is 0.204. The van der Waals surface area contributed by atoms with Crippen LogP contribution in [0.5, 0.6) is 5.75 Å². The van der Waals surface area contributed by atoms with Gasteiger partial charge in [0.25, 0.3) is 0 Å². The van der Waals surface area contributed by atoms with Gasteiger partial charge in [0, 0.05) is 17.7 Å². The van der Waals surface area contributed by atoms with Crippen LogP contribution in [0.3, 0.4) is 0 Å². The summed E-state index contributed by atoms with van der Waals surface area (Å²) in [6, 6.07) is 4.48. The van der Waals surface area contributed by atoms with Crippen molar-refractivity contribution in [3.8, 4) is 5.75 Å². The van der Waals surface area contributed by atoms with Crippen LogP contribution in [0.15, 0.2) is 42.2 Å². The number of benzene rings is 2. The van der Waals surface area contributed by atoms with Gasteiger partial charge in [-0.15, -0.1) is 0 Å². The highest BCUT2D eigenvalue weighted by Crippen LogP contribution is 2.39. The van der Waals surface area contributed by atoms with E-state index in [2.05, 4.69) is 4.74 Å². The largest absolute Gasteiger partial charge is 0.457 e. The third kappa shape index (κ3) is 5.24. The fourth-order valence-electron chi connectivity index (χ4n) is 2.43. The van der Waals surface area contributed by atoms with Gasteiger partial charge in [0.1, 0.15) is 22.9 Å². The van der Waals surface area contributed by atoms with Gasteiger partial charge in [0.15, 0.2) is 5.83 Å². The molecule has 0 saturated carbocycles. The number of hydrogen-bond donors (Lipinski definition) is 0. The van der Waals surface area contributed by atoms with Crippen LogP contribution in [-0.2, 0) is 12.6 Å². The van der Waals surface area contributed by atoms with Crippen LogP contribution >= 0.6 is 0 Å². The average Bonchev–Trinajstić information content (AvgIpc) is 2.59. The van der Waals surface area contributed by atoms with Crippen LogP contribution in [0.1, 0.15) is 30.0 Å². The highest BCUT2D eigenvalue weighted by molar-refractivity contribution is 5.62. The lowest BCUT2D eigenvalue weighted by molar-refractivity contribution is -0.156. The fourth-order valence-corrected chi connectivity index (χ4v) is 2.43. The van der Waals surface area contributed by atoms with Crippen molar-refractivity contribution in [3.63, 3.8) is 0 Å². The second-order valence-corrected chi connectivity index (χ2v) is 5.95. The van der Waals surface area contributed by atoms with Gasteiger partial charge in [-0.25, -0.2) is 13.2 Å². The maximum atomic E-state index is 14.1. The van der Waals surface area contributed by atoms with Gasteiger partial charge in [-0.2, -0.15) is 26.3 Å². The van der Waals surface area contributed by atoms with Crippen LogP contribution in [0.4, 0.5) is 39.5 Å². The zero-order valence-corrected chi connectivity index (χ0v) is 14.7. The second kappa shape index (κ2) is 8.38. The summed E-state index contributed by atoms with van der Waals surface area (Å²) >= 11 is 0. The molecule has 0 amide bonds. The van der Waals surface area contributed by atoms with Crippen molar-refractivity contribution >= 4 is 5.83 Å². The van der Waals surface area contributed by atoms with E-state index in [0.717, 1.165) is 24.1 Å². The van der Waals surface area contributed by atoms with Crippen molar-refractivity contribution < 1.29 is 44.3 Å². The van der Waals surface area contributed by atoms with Crippen molar-refractivity contribution in [1.82, 2.24) is 0 Å². The molecule has 0 aliphatic carbocycles. The number of hydrogen-bond acceptors (Lipinski definition) is 1. The zero-order valence-electron chi connectivity index (χ0n) is 14.7. The van der Waals surface area contributed by atoms with Gasteiger partial charge in [0.2, 0.25) is 5.83 Å². The summed E-state index contributed by atoms with van der Waals surface area (Å²) in [6.45, 7) is 1.87. The smallest absolute Gasteiger partial charge is 0.427 e. The first-order valence-electron chi connectivity index (χ1n) is 8.15. The lowest BCUT2D eigenvalue weighted by Gasteiger charge is -2.18. The molecule has 0 N–H and O–H groups in total. The molecular formula is C19H13F9O. The SMILES string of the molecule is CCCc1ccc(/C(F)=C(\F)C(F)(F)Oc2cc(F)c(C(F)(F)F)c(F)c2)cc1. The van der Waals surface area contributed by atoms with Crippen LogP contribution in [-0.4, -0.2) is 6.11 Å². The molecule has 0 saturated heterocycles. The predicted molar refractivity (Wildman–Crippen MR) is 86.5 cm³/mol. The third-order valence-electron chi connectivity index (χ3n) is 3.74. The summed E-state index contributed by atoms with van der Waals surface area (Å²) < 4.78 is 124. The molecule has 29 heavy (non-hydrogen) atoms. The van der Waals surface area contributed by atoms with Gasteiger partial charge >= 0.3 is 12.3 Å². The van der Waals surface area contributed by atoms with Crippen LogP contribution in [0.25, 0.3) is 5.83 Å². The minimum Gasteiger partial charge on any atom is -0.427 e. The minimum atomic E-state index is -5.43. The van der Waals surface area contributed by atoms with Gasteiger partial charge < -0.3 is 4.74 Å². The Morgan fingerprint density at radius 3 is 1.86 bits per heavy atom. The molecule has 158 valence electrons. The maximum absolute atomic E-state index is 14.1. The number of aryl methyl sites for hydroxylation is 1. The normalized spacial score (nSPS) is 13.3. The van der Waals surface area contributed by atoms with Gasteiger partial charge in [-0.05, 0) is 12.0 Å². The monoisotopic (exact) mass is 428 g/mol. The lowest BCUT2D eigenvalue weighted by Crippen LogP contribution is -2.26. The molecule has 0 aliphatic rings. The summed E-state index contributed by atoms with van der Waals surface area (Å²) in [5, 5.41) is 0. The Labute approximate surface area is 159 Å². The third-order valence-corrected chi connectivity index (χ3v) is 3.74. The van der Waals surface area contributed by atoms with Crippen molar-refractivity contribution in [2.24, 2.45) is 0 Å². The van der Waals surface area contributed by atoms with Gasteiger partial charge in [-0.1, -0.05) is 37.6 Å². The molecule has 0 atom stereocenters. The highest BCUT2D eigenvalue weighted by Gasteiger charge is 2.43. The van der Waals surface area contributed by atoms with E-state index in [1.807, 2.05) is 6.92 Å². The molecule has 0 spiro atoms. The van der Waals surface area contributed by atoms with E-state index in [1.165, 1.54) is 12.1 Å². The molecule has 10 heteroatoms. The van der Waals surface area contributed by atoms with E-state index in [9.17, 15) is 39.5 Å². The number of rotatable bonds is 6. The standard InChI is InChI=1S/C19H13F9O/c1-2-3-10-4-6-11(7-5-10)16(22)17(23)19(27,28)29-12-8-13(20)15(14(21)9-12)18(24,25)26/h4-9H,2-3H2,1H3/b17-16+. The Morgan fingerprint density at radius 1 is 0.897 bits per heavy atom. The van der Waals surface area contributed by atoms with Crippen LogP contribution in [0, 0.1) is 11.6 Å². The summed E-state index contributed by atoms with van der Waals surface area (Å²) in [6.07, 6.45) is -9.09. The summed E-state index contributed by atoms with van der Waals surface area (Å²) in [5.41, 5.74) is -2.12. The summed E-state index contributed by atoms with van der Waals surface area (Å²) in [7, 11) is 0.